The lowest BCUT2D eigenvalue weighted by Crippen LogP contribution is -2.36. The highest BCUT2D eigenvalue weighted by Crippen LogP contribution is 2.23. The van der Waals surface area contributed by atoms with E-state index < -0.39 is 10.0 Å². The number of H-pyrrole nitrogens is 2. The van der Waals surface area contributed by atoms with Gasteiger partial charge in [-0.25, -0.2) is 17.9 Å². The molecule has 0 spiro atoms. The summed E-state index contributed by atoms with van der Waals surface area (Å²) in [6, 6.07) is 3.22. The first-order valence-corrected chi connectivity index (χ1v) is 8.69. The van der Waals surface area contributed by atoms with E-state index in [0.717, 1.165) is 25.7 Å². The van der Waals surface area contributed by atoms with Gasteiger partial charge in [0.25, 0.3) is 0 Å². The Morgan fingerprint density at radius 3 is 2.38 bits per heavy atom. The van der Waals surface area contributed by atoms with Crippen LogP contribution in [-0.2, 0) is 10.0 Å². The molecular formula is C14H19N3O3S. The fraction of sp³-hybridized carbons (Fsp3) is 0.500. The van der Waals surface area contributed by atoms with Gasteiger partial charge in [-0.1, -0.05) is 19.3 Å². The van der Waals surface area contributed by atoms with Crippen molar-refractivity contribution < 1.29 is 8.42 Å². The standard InChI is InChI=1S/C14H19N3O3S/c1-9-7-11-12(16-14(18)15-11)8-13(9)21(19,20)17-10-5-3-2-4-6-10/h7-8,10,17H,2-6H2,1H3,(H2,15,16,18). The first-order valence-electron chi connectivity index (χ1n) is 7.21. The Balaban J connectivity index is 1.97. The van der Waals surface area contributed by atoms with Crippen LogP contribution >= 0.6 is 0 Å². The molecular weight excluding hydrogens is 290 g/mol. The number of sulfonamides is 1. The minimum absolute atomic E-state index is 0.0177. The van der Waals surface area contributed by atoms with Crippen LogP contribution in [0.4, 0.5) is 0 Å². The van der Waals surface area contributed by atoms with Gasteiger partial charge in [-0.3, -0.25) is 0 Å². The number of hydrogen-bond acceptors (Lipinski definition) is 3. The van der Waals surface area contributed by atoms with Gasteiger partial charge in [0.1, 0.15) is 0 Å². The molecule has 114 valence electrons. The minimum atomic E-state index is -3.56. The maximum absolute atomic E-state index is 12.6. The molecule has 1 saturated carbocycles. The molecule has 3 N–H and O–H groups in total. The quantitative estimate of drug-likeness (QED) is 0.806. The van der Waals surface area contributed by atoms with Crippen LogP contribution in [0.1, 0.15) is 37.7 Å². The molecule has 21 heavy (non-hydrogen) atoms. The van der Waals surface area contributed by atoms with E-state index in [4.69, 9.17) is 0 Å². The van der Waals surface area contributed by atoms with Crippen molar-refractivity contribution in [3.05, 3.63) is 28.2 Å². The molecule has 1 aromatic carbocycles. The Labute approximate surface area is 123 Å². The number of benzene rings is 1. The summed E-state index contributed by atoms with van der Waals surface area (Å²) in [6.07, 6.45) is 5.09. The van der Waals surface area contributed by atoms with Crippen molar-refractivity contribution in [1.29, 1.82) is 0 Å². The van der Waals surface area contributed by atoms with Crippen molar-refractivity contribution in [2.75, 3.05) is 0 Å². The van der Waals surface area contributed by atoms with Crippen molar-refractivity contribution in [3.8, 4) is 0 Å². The van der Waals surface area contributed by atoms with Gasteiger partial charge in [0.2, 0.25) is 10.0 Å². The molecule has 1 heterocycles. The number of nitrogens with one attached hydrogen (secondary N) is 3. The van der Waals surface area contributed by atoms with Gasteiger partial charge in [-0.05, 0) is 37.5 Å². The predicted octanol–water partition coefficient (Wildman–Crippen LogP) is 1.78. The molecule has 7 heteroatoms. The average molecular weight is 309 g/mol. The number of fused-ring (bicyclic) bond motifs is 1. The second-order valence-electron chi connectivity index (χ2n) is 5.70. The Morgan fingerprint density at radius 1 is 1.10 bits per heavy atom. The first-order chi connectivity index (χ1) is 9.95. The Morgan fingerprint density at radius 2 is 1.71 bits per heavy atom. The highest BCUT2D eigenvalue weighted by atomic mass is 32.2. The minimum Gasteiger partial charge on any atom is -0.306 e. The summed E-state index contributed by atoms with van der Waals surface area (Å²) >= 11 is 0. The Hall–Kier alpha value is -1.60. The Kier molecular flexibility index (Phi) is 3.62. The number of hydrogen-bond donors (Lipinski definition) is 3. The number of aryl methyl sites for hydroxylation is 1. The van der Waals surface area contributed by atoms with Crippen molar-refractivity contribution in [3.63, 3.8) is 0 Å². The smallest absolute Gasteiger partial charge is 0.306 e. The van der Waals surface area contributed by atoms with E-state index in [1.165, 1.54) is 12.5 Å². The zero-order chi connectivity index (χ0) is 15.0. The van der Waals surface area contributed by atoms with Gasteiger partial charge in [0.05, 0.1) is 15.9 Å². The van der Waals surface area contributed by atoms with Gasteiger partial charge in [-0.2, -0.15) is 0 Å². The van der Waals surface area contributed by atoms with Crippen LogP contribution in [-0.4, -0.2) is 24.4 Å². The number of aromatic nitrogens is 2. The summed E-state index contributed by atoms with van der Waals surface area (Å²) in [5.74, 6) is 0. The van der Waals surface area contributed by atoms with Crippen LogP contribution in [0.5, 0.6) is 0 Å². The summed E-state index contributed by atoms with van der Waals surface area (Å²) in [5.41, 5.74) is 1.42. The van der Waals surface area contributed by atoms with Crippen LogP contribution in [0.2, 0.25) is 0 Å². The summed E-state index contributed by atoms with van der Waals surface area (Å²) in [6.45, 7) is 1.74. The third-order valence-electron chi connectivity index (χ3n) is 4.03. The third kappa shape index (κ3) is 2.89. The van der Waals surface area contributed by atoms with E-state index in [1.54, 1.807) is 13.0 Å². The monoisotopic (exact) mass is 309 g/mol. The molecule has 0 bridgehead atoms. The van der Waals surface area contributed by atoms with Gasteiger partial charge in [-0.15, -0.1) is 0 Å². The van der Waals surface area contributed by atoms with Gasteiger partial charge >= 0.3 is 5.69 Å². The normalized spacial score (nSPS) is 17.4. The largest absolute Gasteiger partial charge is 0.323 e. The molecule has 0 amide bonds. The molecule has 0 atom stereocenters. The fourth-order valence-corrected chi connectivity index (χ4v) is 4.52. The molecule has 1 aromatic heterocycles. The lowest BCUT2D eigenvalue weighted by Gasteiger charge is -2.23. The van der Waals surface area contributed by atoms with Crippen molar-refractivity contribution in [2.45, 2.75) is 50.0 Å². The molecule has 3 rings (SSSR count). The second kappa shape index (κ2) is 5.31. The molecule has 0 saturated heterocycles. The van der Waals surface area contributed by atoms with Crippen LogP contribution < -0.4 is 10.4 Å². The number of aromatic amines is 2. The molecule has 6 nitrogen and oxygen atoms in total. The number of imidazole rings is 1. The van der Waals surface area contributed by atoms with Crippen LogP contribution in [0.3, 0.4) is 0 Å². The molecule has 1 fully saturated rings. The van der Waals surface area contributed by atoms with Crippen molar-refractivity contribution in [2.24, 2.45) is 0 Å². The summed E-state index contributed by atoms with van der Waals surface area (Å²) in [7, 11) is -3.56. The molecule has 0 aliphatic heterocycles. The summed E-state index contributed by atoms with van der Waals surface area (Å²) in [4.78, 5) is 16.8. The zero-order valence-corrected chi connectivity index (χ0v) is 12.7. The molecule has 0 radical (unpaired) electrons. The van der Waals surface area contributed by atoms with E-state index in [-0.39, 0.29) is 16.6 Å². The van der Waals surface area contributed by atoms with E-state index in [2.05, 4.69) is 14.7 Å². The predicted molar refractivity (Wildman–Crippen MR) is 80.9 cm³/mol. The van der Waals surface area contributed by atoms with E-state index in [1.807, 2.05) is 0 Å². The van der Waals surface area contributed by atoms with E-state index in [9.17, 15) is 13.2 Å². The third-order valence-corrected chi connectivity index (χ3v) is 5.69. The highest BCUT2D eigenvalue weighted by molar-refractivity contribution is 7.89. The zero-order valence-electron chi connectivity index (χ0n) is 11.9. The lowest BCUT2D eigenvalue weighted by molar-refractivity contribution is 0.412. The highest BCUT2D eigenvalue weighted by Gasteiger charge is 2.23. The van der Waals surface area contributed by atoms with E-state index >= 15 is 0 Å². The molecule has 1 aliphatic carbocycles. The van der Waals surface area contributed by atoms with Crippen molar-refractivity contribution >= 4 is 21.1 Å². The lowest BCUT2D eigenvalue weighted by atomic mass is 9.96. The first kappa shape index (κ1) is 14.3. The van der Waals surface area contributed by atoms with Crippen LogP contribution in [0.25, 0.3) is 11.0 Å². The van der Waals surface area contributed by atoms with Crippen LogP contribution in [0.15, 0.2) is 21.8 Å². The summed E-state index contributed by atoms with van der Waals surface area (Å²) in [5, 5.41) is 0. The number of rotatable bonds is 3. The molecule has 0 unspecified atom stereocenters. The maximum atomic E-state index is 12.6. The topological polar surface area (TPSA) is 94.8 Å². The fourth-order valence-electron chi connectivity index (χ4n) is 2.96. The van der Waals surface area contributed by atoms with E-state index in [0.29, 0.717) is 16.6 Å². The SMILES string of the molecule is Cc1cc2[nH]c(=O)[nH]c2cc1S(=O)(=O)NC1CCCCC1. The molecule has 2 aromatic rings. The summed E-state index contributed by atoms with van der Waals surface area (Å²) < 4.78 is 27.9. The van der Waals surface area contributed by atoms with Crippen molar-refractivity contribution in [1.82, 2.24) is 14.7 Å². The van der Waals surface area contributed by atoms with Gasteiger partial charge in [0, 0.05) is 6.04 Å². The molecule has 1 aliphatic rings. The van der Waals surface area contributed by atoms with Gasteiger partial charge in [0.15, 0.2) is 0 Å². The average Bonchev–Trinajstić information content (AvgIpc) is 2.77. The maximum Gasteiger partial charge on any atom is 0.323 e. The second-order valence-corrected chi connectivity index (χ2v) is 7.38. The van der Waals surface area contributed by atoms with Gasteiger partial charge < -0.3 is 9.97 Å². The Bertz CT molecular complexity index is 814. The van der Waals surface area contributed by atoms with Crippen LogP contribution in [0, 0.1) is 6.92 Å².